The number of carbonyl (C=O) groups excluding carboxylic acids is 4. The van der Waals surface area contributed by atoms with Crippen molar-refractivity contribution in [2.45, 2.75) is 72.8 Å². The van der Waals surface area contributed by atoms with E-state index in [9.17, 15) is 19.2 Å². The fourth-order valence-corrected chi connectivity index (χ4v) is 7.43. The Morgan fingerprint density at radius 1 is 0.794 bits per heavy atom. The summed E-state index contributed by atoms with van der Waals surface area (Å²) in [7, 11) is 0. The highest BCUT2D eigenvalue weighted by Gasteiger charge is 2.63. The Kier molecular flexibility index (Phi) is 5.69. The minimum atomic E-state index is -0.300. The molecule has 1 aromatic rings. The number of amides is 4. The van der Waals surface area contributed by atoms with Crippen LogP contribution in [-0.2, 0) is 25.6 Å². The van der Waals surface area contributed by atoms with Crippen molar-refractivity contribution in [3.63, 3.8) is 0 Å². The first-order chi connectivity index (χ1) is 16.2. The van der Waals surface area contributed by atoms with Crippen LogP contribution in [0.25, 0.3) is 0 Å². The van der Waals surface area contributed by atoms with Crippen LogP contribution in [0.4, 0.5) is 5.69 Å². The summed E-state index contributed by atoms with van der Waals surface area (Å²) in [4.78, 5) is 57.9. The van der Waals surface area contributed by atoms with E-state index in [-0.39, 0.29) is 71.1 Å². The van der Waals surface area contributed by atoms with Crippen molar-refractivity contribution in [2.75, 3.05) is 4.90 Å². The molecule has 182 valence electrons. The van der Waals surface area contributed by atoms with Crippen LogP contribution in [0.2, 0.25) is 0 Å². The normalized spacial score (nSPS) is 33.9. The molecule has 0 N–H and O–H groups in total. The van der Waals surface area contributed by atoms with Gasteiger partial charge in [0.1, 0.15) is 0 Å². The number of nitrogens with zero attached hydrogens (tertiary/aromatic N) is 2. The van der Waals surface area contributed by atoms with Gasteiger partial charge in [-0.1, -0.05) is 39.0 Å². The van der Waals surface area contributed by atoms with Gasteiger partial charge < -0.3 is 0 Å². The fraction of sp³-hybridized carbons (Fsp3) is 0.643. The van der Waals surface area contributed by atoms with Crippen LogP contribution < -0.4 is 4.90 Å². The summed E-state index contributed by atoms with van der Waals surface area (Å²) in [6.07, 6.45) is 3.19. The molecule has 6 nitrogen and oxygen atoms in total. The van der Waals surface area contributed by atoms with Gasteiger partial charge in [-0.05, 0) is 74.8 Å². The first-order valence-electron chi connectivity index (χ1n) is 13.0. The molecule has 5 rings (SSSR count). The molecule has 6 heteroatoms. The monoisotopic (exact) mass is 464 g/mol. The maximum Gasteiger partial charge on any atom is 0.237 e. The topological polar surface area (TPSA) is 74.8 Å². The van der Waals surface area contributed by atoms with E-state index in [0.29, 0.717) is 25.7 Å². The molecule has 0 radical (unpaired) electrons. The van der Waals surface area contributed by atoms with E-state index in [1.165, 1.54) is 9.80 Å². The SMILES string of the molecule is CCc1cccc(C)c1N1C(=O)C2CCC3C(=O)N(C(C)C(C)C)C(=O)C4CCC(C1=O)C2C34. The molecule has 0 spiro atoms. The Labute approximate surface area is 202 Å². The summed E-state index contributed by atoms with van der Waals surface area (Å²) in [5.74, 6) is -1.75. The summed E-state index contributed by atoms with van der Waals surface area (Å²) < 4.78 is 0. The average Bonchev–Trinajstić information content (AvgIpc) is 2.81. The van der Waals surface area contributed by atoms with Gasteiger partial charge in [-0.2, -0.15) is 0 Å². The van der Waals surface area contributed by atoms with E-state index in [2.05, 4.69) is 0 Å². The average molecular weight is 465 g/mol. The Morgan fingerprint density at radius 2 is 1.26 bits per heavy atom. The quantitative estimate of drug-likeness (QED) is 0.628. The molecule has 34 heavy (non-hydrogen) atoms. The molecule has 2 saturated carbocycles. The molecule has 4 aliphatic rings. The van der Waals surface area contributed by atoms with Crippen LogP contribution in [0.5, 0.6) is 0 Å². The van der Waals surface area contributed by atoms with Gasteiger partial charge >= 0.3 is 0 Å². The van der Waals surface area contributed by atoms with Crippen molar-refractivity contribution in [2.24, 2.45) is 41.4 Å². The van der Waals surface area contributed by atoms with E-state index in [4.69, 9.17) is 0 Å². The van der Waals surface area contributed by atoms with Gasteiger partial charge in [-0.25, -0.2) is 4.90 Å². The van der Waals surface area contributed by atoms with Gasteiger partial charge in [0.2, 0.25) is 23.6 Å². The number of hydrogen-bond acceptors (Lipinski definition) is 4. The van der Waals surface area contributed by atoms with E-state index in [0.717, 1.165) is 23.2 Å². The third kappa shape index (κ3) is 3.13. The lowest BCUT2D eigenvalue weighted by molar-refractivity contribution is -0.180. The van der Waals surface area contributed by atoms with Crippen molar-refractivity contribution in [1.29, 1.82) is 0 Å². The number of aryl methyl sites for hydroxylation is 2. The van der Waals surface area contributed by atoms with Crippen LogP contribution in [0.1, 0.15) is 64.5 Å². The molecule has 5 unspecified atom stereocenters. The van der Waals surface area contributed by atoms with Crippen molar-refractivity contribution in [3.05, 3.63) is 29.3 Å². The number of imide groups is 2. The predicted octanol–water partition coefficient (Wildman–Crippen LogP) is 4.13. The molecule has 1 aromatic carbocycles. The highest BCUT2D eigenvalue weighted by atomic mass is 16.2. The summed E-state index contributed by atoms with van der Waals surface area (Å²) in [6, 6.07) is 5.78. The standard InChI is InChI=1S/C28H36N2O4/c1-6-17-9-7-8-15(4)24(17)30-27(33)20-12-10-18-22-19(11-13-21(23(20)22)28(30)34)26(32)29(25(18)31)16(5)14(2)3/h7-9,14,16,18-23H,6,10-13H2,1-5H3. The summed E-state index contributed by atoms with van der Waals surface area (Å²) in [5, 5.41) is 0. The van der Waals surface area contributed by atoms with Crippen LogP contribution >= 0.6 is 0 Å². The molecular formula is C28H36N2O4. The number of benzene rings is 1. The molecular weight excluding hydrogens is 428 g/mol. The Balaban J connectivity index is 1.54. The van der Waals surface area contributed by atoms with Gasteiger partial charge in [-0.3, -0.25) is 24.1 Å². The molecule has 2 saturated heterocycles. The van der Waals surface area contributed by atoms with Gasteiger partial charge in [-0.15, -0.1) is 0 Å². The van der Waals surface area contributed by atoms with Crippen molar-refractivity contribution in [1.82, 2.24) is 4.90 Å². The number of hydrogen-bond donors (Lipinski definition) is 0. The largest absolute Gasteiger partial charge is 0.279 e. The molecule has 2 heterocycles. The Bertz CT molecular complexity index is 1010. The van der Waals surface area contributed by atoms with Crippen LogP contribution in [0.3, 0.4) is 0 Å². The minimum Gasteiger partial charge on any atom is -0.279 e. The maximum atomic E-state index is 13.9. The number of piperidine rings is 2. The maximum absolute atomic E-state index is 13.9. The van der Waals surface area contributed by atoms with Gasteiger partial charge in [0.25, 0.3) is 0 Å². The fourth-order valence-electron chi connectivity index (χ4n) is 7.43. The number of likely N-dealkylation sites (tertiary alicyclic amines) is 1. The summed E-state index contributed by atoms with van der Waals surface area (Å²) >= 11 is 0. The second kappa shape index (κ2) is 8.31. The molecule has 4 fully saturated rings. The number of carbonyl (C=O) groups is 4. The van der Waals surface area contributed by atoms with Gasteiger partial charge in [0.15, 0.2) is 0 Å². The van der Waals surface area contributed by atoms with Crippen LogP contribution in [0, 0.1) is 48.3 Å². The van der Waals surface area contributed by atoms with Crippen LogP contribution in [0.15, 0.2) is 18.2 Å². The number of rotatable bonds is 4. The Morgan fingerprint density at radius 3 is 1.71 bits per heavy atom. The van der Waals surface area contributed by atoms with Crippen molar-refractivity contribution < 1.29 is 19.2 Å². The third-order valence-corrected chi connectivity index (χ3v) is 9.36. The van der Waals surface area contributed by atoms with Crippen LogP contribution in [-0.4, -0.2) is 34.6 Å². The lowest BCUT2D eigenvalue weighted by Crippen LogP contribution is -2.67. The van der Waals surface area contributed by atoms with E-state index in [1.54, 1.807) is 0 Å². The van der Waals surface area contributed by atoms with Gasteiger partial charge in [0, 0.05) is 29.7 Å². The van der Waals surface area contributed by atoms with E-state index < -0.39 is 0 Å². The second-order valence-corrected chi connectivity index (χ2v) is 11.2. The second-order valence-electron chi connectivity index (χ2n) is 11.2. The predicted molar refractivity (Wildman–Crippen MR) is 129 cm³/mol. The molecule has 5 atom stereocenters. The van der Waals surface area contributed by atoms with E-state index in [1.807, 2.05) is 52.8 Å². The first-order valence-corrected chi connectivity index (χ1v) is 13.0. The minimum absolute atomic E-state index is 0.0824. The zero-order valence-corrected chi connectivity index (χ0v) is 20.9. The summed E-state index contributed by atoms with van der Waals surface area (Å²) in [5.41, 5.74) is 2.68. The Hall–Kier alpha value is -2.50. The molecule has 0 bridgehead atoms. The molecule has 4 amide bonds. The van der Waals surface area contributed by atoms with Crippen molar-refractivity contribution in [3.8, 4) is 0 Å². The van der Waals surface area contributed by atoms with Crippen molar-refractivity contribution >= 4 is 29.3 Å². The zero-order valence-electron chi connectivity index (χ0n) is 20.9. The number of anilines is 1. The van der Waals surface area contributed by atoms with E-state index >= 15 is 0 Å². The first kappa shape index (κ1) is 23.3. The molecule has 2 aliphatic heterocycles. The molecule has 2 aliphatic carbocycles. The highest BCUT2D eigenvalue weighted by molar-refractivity contribution is 6.19. The van der Waals surface area contributed by atoms with Gasteiger partial charge in [0.05, 0.1) is 5.69 Å². The lowest BCUT2D eigenvalue weighted by atomic mass is 9.50. The highest BCUT2D eigenvalue weighted by Crippen LogP contribution is 2.57. The third-order valence-electron chi connectivity index (χ3n) is 9.36. The molecule has 0 aromatic heterocycles. The summed E-state index contributed by atoms with van der Waals surface area (Å²) in [6.45, 7) is 10.0. The number of para-hydroxylation sites is 1. The smallest absolute Gasteiger partial charge is 0.237 e. The lowest BCUT2D eigenvalue weighted by Gasteiger charge is -2.58. The zero-order chi connectivity index (χ0) is 24.5.